The molecule has 1 aromatic heterocycles. The fourth-order valence-electron chi connectivity index (χ4n) is 1.84. The fraction of sp³-hybridized carbons (Fsp3) is 0.375. The molecule has 0 aliphatic heterocycles. The van der Waals surface area contributed by atoms with Gasteiger partial charge in [-0.15, -0.1) is 0 Å². The molecule has 0 fully saturated rings. The molecule has 0 spiro atoms. The summed E-state index contributed by atoms with van der Waals surface area (Å²) in [7, 11) is 0. The minimum Gasteiger partial charge on any atom is -0.310 e. The van der Waals surface area contributed by atoms with E-state index in [0.717, 1.165) is 23.1 Å². The number of aryl methyl sites for hydroxylation is 2. The van der Waals surface area contributed by atoms with Crippen LogP contribution >= 0.6 is 11.8 Å². The highest BCUT2D eigenvalue weighted by Crippen LogP contribution is 2.25. The SMILES string of the molecule is Cc1cc(C)nc(Sc2ccc(CNC(C)C)cc2)n1. The van der Waals surface area contributed by atoms with Crippen LogP contribution in [0, 0.1) is 13.8 Å². The molecule has 0 saturated heterocycles. The Hall–Kier alpha value is -1.39. The summed E-state index contributed by atoms with van der Waals surface area (Å²) in [4.78, 5) is 10.1. The number of nitrogens with one attached hydrogen (secondary N) is 1. The summed E-state index contributed by atoms with van der Waals surface area (Å²) in [5.74, 6) is 0. The van der Waals surface area contributed by atoms with E-state index >= 15 is 0 Å². The fourth-order valence-corrected chi connectivity index (χ4v) is 2.70. The maximum atomic E-state index is 4.45. The van der Waals surface area contributed by atoms with Crippen LogP contribution in [-0.2, 0) is 6.54 Å². The molecule has 0 saturated carbocycles. The molecule has 106 valence electrons. The number of hydrogen-bond acceptors (Lipinski definition) is 4. The zero-order valence-corrected chi connectivity index (χ0v) is 13.3. The van der Waals surface area contributed by atoms with Crippen LogP contribution in [0.5, 0.6) is 0 Å². The predicted molar refractivity (Wildman–Crippen MR) is 84.0 cm³/mol. The topological polar surface area (TPSA) is 37.8 Å². The summed E-state index contributed by atoms with van der Waals surface area (Å²) in [5.41, 5.74) is 3.32. The van der Waals surface area contributed by atoms with Gasteiger partial charge < -0.3 is 5.32 Å². The second-order valence-electron chi connectivity index (χ2n) is 5.21. The van der Waals surface area contributed by atoms with Gasteiger partial charge in [0.25, 0.3) is 0 Å². The Morgan fingerprint density at radius 2 is 1.65 bits per heavy atom. The molecule has 0 aliphatic carbocycles. The predicted octanol–water partition coefficient (Wildman–Crippen LogP) is 3.74. The molecular formula is C16H21N3S. The first-order chi connectivity index (χ1) is 9.52. The Balaban J connectivity index is 2.03. The van der Waals surface area contributed by atoms with Crippen LogP contribution in [0.15, 0.2) is 40.4 Å². The molecule has 0 unspecified atom stereocenters. The molecule has 1 heterocycles. The summed E-state index contributed by atoms with van der Waals surface area (Å²) in [5, 5.41) is 4.23. The van der Waals surface area contributed by atoms with Crippen LogP contribution in [0.4, 0.5) is 0 Å². The average Bonchev–Trinajstić information content (AvgIpc) is 2.36. The van der Waals surface area contributed by atoms with Crippen molar-refractivity contribution in [2.45, 2.75) is 50.3 Å². The summed E-state index contributed by atoms with van der Waals surface area (Å²) in [6.45, 7) is 9.21. The van der Waals surface area contributed by atoms with Crippen molar-refractivity contribution in [1.29, 1.82) is 0 Å². The van der Waals surface area contributed by atoms with Crippen LogP contribution in [0.1, 0.15) is 30.8 Å². The molecule has 1 N–H and O–H groups in total. The van der Waals surface area contributed by atoms with Crippen molar-refractivity contribution in [1.82, 2.24) is 15.3 Å². The summed E-state index contributed by atoms with van der Waals surface area (Å²) >= 11 is 1.61. The molecule has 2 rings (SSSR count). The van der Waals surface area contributed by atoms with E-state index in [4.69, 9.17) is 0 Å². The van der Waals surface area contributed by atoms with Crippen molar-refractivity contribution < 1.29 is 0 Å². The maximum absolute atomic E-state index is 4.45. The molecule has 0 bridgehead atoms. The molecule has 0 radical (unpaired) electrons. The standard InChI is InChI=1S/C16H21N3S/c1-11(2)17-10-14-5-7-15(8-6-14)20-16-18-12(3)9-13(4)19-16/h5-9,11,17H,10H2,1-4H3. The molecular weight excluding hydrogens is 266 g/mol. The van der Waals surface area contributed by atoms with Crippen molar-refractivity contribution in [3.05, 3.63) is 47.3 Å². The van der Waals surface area contributed by atoms with Crippen molar-refractivity contribution in [3.8, 4) is 0 Å². The first kappa shape index (κ1) is 15.0. The van der Waals surface area contributed by atoms with Gasteiger partial charge in [0.15, 0.2) is 5.16 Å². The first-order valence-corrected chi connectivity index (χ1v) is 7.67. The van der Waals surface area contributed by atoms with Gasteiger partial charge in [0.2, 0.25) is 0 Å². The molecule has 4 heteroatoms. The van der Waals surface area contributed by atoms with Crippen LogP contribution in [0.3, 0.4) is 0 Å². The second kappa shape index (κ2) is 6.86. The monoisotopic (exact) mass is 287 g/mol. The third kappa shape index (κ3) is 4.62. The molecule has 20 heavy (non-hydrogen) atoms. The average molecular weight is 287 g/mol. The largest absolute Gasteiger partial charge is 0.310 e. The molecule has 0 aliphatic rings. The van der Waals surface area contributed by atoms with Crippen molar-refractivity contribution >= 4 is 11.8 Å². The number of nitrogens with zero attached hydrogens (tertiary/aromatic N) is 2. The Morgan fingerprint density at radius 1 is 1.05 bits per heavy atom. The van der Waals surface area contributed by atoms with Gasteiger partial charge in [0.05, 0.1) is 0 Å². The van der Waals surface area contributed by atoms with Crippen molar-refractivity contribution in [2.75, 3.05) is 0 Å². The number of benzene rings is 1. The number of hydrogen-bond donors (Lipinski definition) is 1. The van der Waals surface area contributed by atoms with E-state index in [2.05, 4.69) is 53.4 Å². The van der Waals surface area contributed by atoms with Gasteiger partial charge in [0.1, 0.15) is 0 Å². The summed E-state index contributed by atoms with van der Waals surface area (Å²) in [6.07, 6.45) is 0. The van der Waals surface area contributed by atoms with Crippen molar-refractivity contribution in [3.63, 3.8) is 0 Å². The number of aromatic nitrogens is 2. The Labute approximate surface area is 125 Å². The van der Waals surface area contributed by atoms with E-state index in [1.54, 1.807) is 11.8 Å². The van der Waals surface area contributed by atoms with Gasteiger partial charge in [0, 0.05) is 28.9 Å². The highest BCUT2D eigenvalue weighted by atomic mass is 32.2. The smallest absolute Gasteiger partial charge is 0.192 e. The van der Waals surface area contributed by atoms with E-state index in [-0.39, 0.29) is 0 Å². The first-order valence-electron chi connectivity index (χ1n) is 6.85. The molecule has 0 amide bonds. The lowest BCUT2D eigenvalue weighted by molar-refractivity contribution is 0.588. The Bertz CT molecular complexity index is 544. The molecule has 0 atom stereocenters. The van der Waals surface area contributed by atoms with Crippen LogP contribution in [0.25, 0.3) is 0 Å². The van der Waals surface area contributed by atoms with Gasteiger partial charge in [-0.3, -0.25) is 0 Å². The minimum atomic E-state index is 0.507. The molecule has 2 aromatic rings. The third-order valence-corrected chi connectivity index (χ3v) is 3.68. The van der Waals surface area contributed by atoms with Crippen LogP contribution in [0.2, 0.25) is 0 Å². The lowest BCUT2D eigenvalue weighted by Crippen LogP contribution is -2.21. The third-order valence-electron chi connectivity index (χ3n) is 2.81. The van der Waals surface area contributed by atoms with E-state index in [1.807, 2.05) is 19.9 Å². The summed E-state index contributed by atoms with van der Waals surface area (Å²) < 4.78 is 0. The lowest BCUT2D eigenvalue weighted by atomic mass is 10.2. The zero-order valence-electron chi connectivity index (χ0n) is 12.5. The van der Waals surface area contributed by atoms with Crippen LogP contribution in [-0.4, -0.2) is 16.0 Å². The lowest BCUT2D eigenvalue weighted by Gasteiger charge is -2.08. The maximum Gasteiger partial charge on any atom is 0.192 e. The van der Waals surface area contributed by atoms with E-state index in [1.165, 1.54) is 10.5 Å². The van der Waals surface area contributed by atoms with Gasteiger partial charge >= 0.3 is 0 Å². The number of rotatable bonds is 5. The molecule has 3 nitrogen and oxygen atoms in total. The van der Waals surface area contributed by atoms with E-state index in [0.29, 0.717) is 6.04 Å². The molecule has 1 aromatic carbocycles. The second-order valence-corrected chi connectivity index (χ2v) is 6.26. The highest BCUT2D eigenvalue weighted by molar-refractivity contribution is 7.99. The quantitative estimate of drug-likeness (QED) is 0.850. The normalized spacial score (nSPS) is 11.1. The summed E-state index contributed by atoms with van der Waals surface area (Å²) in [6, 6.07) is 11.1. The van der Waals surface area contributed by atoms with Gasteiger partial charge in [-0.05, 0) is 49.4 Å². The zero-order chi connectivity index (χ0) is 14.5. The van der Waals surface area contributed by atoms with Crippen molar-refractivity contribution in [2.24, 2.45) is 0 Å². The Morgan fingerprint density at radius 3 is 2.20 bits per heavy atom. The van der Waals surface area contributed by atoms with E-state index in [9.17, 15) is 0 Å². The highest BCUT2D eigenvalue weighted by Gasteiger charge is 2.03. The van der Waals surface area contributed by atoms with Gasteiger partial charge in [-0.1, -0.05) is 26.0 Å². The van der Waals surface area contributed by atoms with Crippen LogP contribution < -0.4 is 5.32 Å². The minimum absolute atomic E-state index is 0.507. The van der Waals surface area contributed by atoms with Gasteiger partial charge in [-0.25, -0.2) is 9.97 Å². The van der Waals surface area contributed by atoms with E-state index < -0.39 is 0 Å². The Kier molecular flexibility index (Phi) is 5.15. The van der Waals surface area contributed by atoms with Gasteiger partial charge in [-0.2, -0.15) is 0 Å².